The van der Waals surface area contributed by atoms with Gasteiger partial charge in [0.05, 0.1) is 10.4 Å². The van der Waals surface area contributed by atoms with Crippen molar-refractivity contribution in [3.05, 3.63) is 56.7 Å². The van der Waals surface area contributed by atoms with E-state index in [0.29, 0.717) is 6.54 Å². The average molecular weight is 373 g/mol. The van der Waals surface area contributed by atoms with Crippen LogP contribution in [-0.4, -0.2) is 47.6 Å². The van der Waals surface area contributed by atoms with Crippen LogP contribution < -0.4 is 0 Å². The lowest BCUT2D eigenvalue weighted by molar-refractivity contribution is 0.0688. The van der Waals surface area contributed by atoms with Crippen molar-refractivity contribution in [3.63, 3.8) is 0 Å². The van der Waals surface area contributed by atoms with Crippen molar-refractivity contribution in [2.24, 2.45) is 0 Å². The lowest BCUT2D eigenvalue weighted by Crippen LogP contribution is -2.47. The van der Waals surface area contributed by atoms with Crippen LogP contribution in [0.3, 0.4) is 0 Å². The molecule has 2 aromatic rings. The van der Waals surface area contributed by atoms with Crippen LogP contribution in [0.5, 0.6) is 0 Å². The predicted octanol–water partition coefficient (Wildman–Crippen LogP) is 3.53. The molecule has 1 aromatic carbocycles. The lowest BCUT2D eigenvalue weighted by atomic mass is 10.1. The van der Waals surface area contributed by atoms with Gasteiger partial charge in [-0.15, -0.1) is 11.3 Å². The number of aliphatic hydroxyl groups is 1. The summed E-state index contributed by atoms with van der Waals surface area (Å²) in [5.41, 5.74) is 0.145. The normalized spacial score (nSPS) is 18.0. The molecule has 1 N–H and O–H groups in total. The zero-order valence-electron chi connectivity index (χ0n) is 13.1. The summed E-state index contributed by atoms with van der Waals surface area (Å²) in [7, 11) is 0. The van der Waals surface area contributed by atoms with Crippen LogP contribution in [0.25, 0.3) is 0 Å². The van der Waals surface area contributed by atoms with Crippen LogP contribution in [0.4, 0.5) is 8.78 Å². The molecule has 2 heterocycles. The van der Waals surface area contributed by atoms with Crippen molar-refractivity contribution >= 4 is 22.9 Å². The number of hydrogen-bond acceptors (Lipinski definition) is 4. The molecule has 0 bridgehead atoms. The third kappa shape index (κ3) is 4.52. The Morgan fingerprint density at radius 1 is 1.08 bits per heavy atom. The van der Waals surface area contributed by atoms with Gasteiger partial charge in [0.1, 0.15) is 11.6 Å². The second kappa shape index (κ2) is 7.89. The maximum atomic E-state index is 13.7. The van der Waals surface area contributed by atoms with Crippen molar-refractivity contribution < 1.29 is 13.9 Å². The molecular formula is C17H19ClF2N2OS. The van der Waals surface area contributed by atoms with Crippen molar-refractivity contribution in [1.29, 1.82) is 0 Å². The summed E-state index contributed by atoms with van der Waals surface area (Å²) in [5.74, 6) is -1.33. The number of nitrogens with zero attached hydrogens (tertiary/aromatic N) is 2. The van der Waals surface area contributed by atoms with E-state index in [1.807, 2.05) is 12.1 Å². The molecule has 1 fully saturated rings. The van der Waals surface area contributed by atoms with Crippen LogP contribution in [-0.2, 0) is 6.54 Å². The Labute approximate surface area is 149 Å². The number of hydrogen-bond donors (Lipinski definition) is 1. The molecule has 0 amide bonds. The maximum absolute atomic E-state index is 13.7. The van der Waals surface area contributed by atoms with E-state index < -0.39 is 17.7 Å². The molecule has 1 aliphatic heterocycles. The number of rotatable bonds is 5. The molecule has 0 spiro atoms. The first kappa shape index (κ1) is 17.8. The molecule has 1 aliphatic rings. The Hall–Kier alpha value is -1.05. The van der Waals surface area contributed by atoms with Crippen molar-refractivity contribution in [2.45, 2.75) is 12.6 Å². The van der Waals surface area contributed by atoms with Gasteiger partial charge in [0.25, 0.3) is 0 Å². The highest BCUT2D eigenvalue weighted by atomic mass is 35.5. The molecule has 1 saturated heterocycles. The molecular weight excluding hydrogens is 354 g/mol. The zero-order valence-corrected chi connectivity index (χ0v) is 14.7. The Morgan fingerprint density at radius 2 is 1.79 bits per heavy atom. The average Bonchev–Trinajstić information content (AvgIpc) is 2.94. The van der Waals surface area contributed by atoms with Gasteiger partial charge in [-0.25, -0.2) is 8.78 Å². The Morgan fingerprint density at radius 3 is 2.42 bits per heavy atom. The molecule has 0 unspecified atom stereocenters. The van der Waals surface area contributed by atoms with Gasteiger partial charge in [0, 0.05) is 55.8 Å². The smallest absolute Gasteiger partial charge is 0.131 e. The molecule has 0 saturated carbocycles. The Balaban J connectivity index is 1.49. The van der Waals surface area contributed by atoms with E-state index in [9.17, 15) is 13.9 Å². The molecule has 7 heteroatoms. The topological polar surface area (TPSA) is 26.7 Å². The molecule has 0 aliphatic carbocycles. The molecule has 1 atom stereocenters. The van der Waals surface area contributed by atoms with Crippen molar-refractivity contribution in [2.75, 3.05) is 32.7 Å². The largest absolute Gasteiger partial charge is 0.387 e. The fourth-order valence-electron chi connectivity index (χ4n) is 2.90. The fourth-order valence-corrected chi connectivity index (χ4v) is 4.03. The van der Waals surface area contributed by atoms with Gasteiger partial charge in [-0.3, -0.25) is 9.80 Å². The van der Waals surface area contributed by atoms with Gasteiger partial charge in [-0.2, -0.15) is 0 Å². The predicted molar refractivity (Wildman–Crippen MR) is 92.4 cm³/mol. The van der Waals surface area contributed by atoms with Gasteiger partial charge in [-0.1, -0.05) is 17.7 Å². The van der Waals surface area contributed by atoms with Crippen LogP contribution in [0.1, 0.15) is 16.5 Å². The zero-order chi connectivity index (χ0) is 17.1. The standard InChI is InChI=1S/C17H19ClF2N2OS/c18-17-4-2-13(24-17)10-21-5-7-22(8-6-21)11-16(23)14-3-1-12(19)9-15(14)20/h1-4,9,16,23H,5-8,10-11H2/t16-/m0/s1. The molecule has 3 rings (SSSR count). The third-order valence-electron chi connectivity index (χ3n) is 4.23. The number of benzene rings is 1. The van der Waals surface area contributed by atoms with Gasteiger partial charge in [0.15, 0.2) is 0 Å². The van der Waals surface area contributed by atoms with Crippen molar-refractivity contribution in [1.82, 2.24) is 9.80 Å². The fraction of sp³-hybridized carbons (Fsp3) is 0.412. The Kier molecular flexibility index (Phi) is 5.84. The Bertz CT molecular complexity index is 689. The van der Waals surface area contributed by atoms with E-state index in [4.69, 9.17) is 11.6 Å². The van der Waals surface area contributed by atoms with E-state index in [1.54, 1.807) is 11.3 Å². The summed E-state index contributed by atoms with van der Waals surface area (Å²) in [6.45, 7) is 4.60. The van der Waals surface area contributed by atoms with Gasteiger partial charge in [-0.05, 0) is 18.2 Å². The van der Waals surface area contributed by atoms with E-state index in [2.05, 4.69) is 9.80 Å². The van der Waals surface area contributed by atoms with Gasteiger partial charge in [0.2, 0.25) is 0 Å². The maximum Gasteiger partial charge on any atom is 0.131 e. The molecule has 0 radical (unpaired) electrons. The first-order chi connectivity index (χ1) is 11.5. The highest BCUT2D eigenvalue weighted by Crippen LogP contribution is 2.24. The third-order valence-corrected chi connectivity index (χ3v) is 5.44. The number of aliphatic hydroxyl groups excluding tert-OH is 1. The summed E-state index contributed by atoms with van der Waals surface area (Å²) in [6.07, 6.45) is -0.951. The molecule has 1 aromatic heterocycles. The minimum absolute atomic E-state index is 0.145. The lowest BCUT2D eigenvalue weighted by Gasteiger charge is -2.35. The van der Waals surface area contributed by atoms with Crippen LogP contribution in [0, 0.1) is 11.6 Å². The van der Waals surface area contributed by atoms with Crippen molar-refractivity contribution in [3.8, 4) is 0 Å². The van der Waals surface area contributed by atoms with Crippen LogP contribution >= 0.6 is 22.9 Å². The van der Waals surface area contributed by atoms with E-state index in [1.165, 1.54) is 17.0 Å². The highest BCUT2D eigenvalue weighted by Gasteiger charge is 2.22. The quantitative estimate of drug-likeness (QED) is 0.869. The summed E-state index contributed by atoms with van der Waals surface area (Å²) in [4.78, 5) is 5.68. The summed E-state index contributed by atoms with van der Waals surface area (Å²) in [6, 6.07) is 7.24. The van der Waals surface area contributed by atoms with Crippen LogP contribution in [0.15, 0.2) is 30.3 Å². The summed E-state index contributed by atoms with van der Waals surface area (Å²) < 4.78 is 27.5. The number of halogens is 3. The monoisotopic (exact) mass is 372 g/mol. The van der Waals surface area contributed by atoms with E-state index in [-0.39, 0.29) is 5.56 Å². The molecule has 130 valence electrons. The summed E-state index contributed by atoms with van der Waals surface area (Å²) >= 11 is 7.54. The second-order valence-electron chi connectivity index (χ2n) is 5.96. The van der Waals surface area contributed by atoms with Gasteiger partial charge < -0.3 is 5.11 Å². The molecule has 24 heavy (non-hydrogen) atoms. The first-order valence-corrected chi connectivity index (χ1v) is 9.02. The number of thiophene rings is 1. The van der Waals surface area contributed by atoms with Gasteiger partial charge >= 0.3 is 0 Å². The second-order valence-corrected chi connectivity index (χ2v) is 7.76. The van der Waals surface area contributed by atoms with E-state index in [0.717, 1.165) is 43.1 Å². The molecule has 3 nitrogen and oxygen atoms in total. The highest BCUT2D eigenvalue weighted by molar-refractivity contribution is 7.16. The minimum Gasteiger partial charge on any atom is -0.387 e. The van der Waals surface area contributed by atoms with Crippen LogP contribution in [0.2, 0.25) is 4.34 Å². The SMILES string of the molecule is O[C@@H](CN1CCN(Cc2ccc(Cl)s2)CC1)c1ccc(F)cc1F. The number of β-amino-alcohol motifs (C(OH)–C–C–N with tert-alkyl or cyclic N) is 1. The van der Waals surface area contributed by atoms with E-state index >= 15 is 0 Å². The minimum atomic E-state index is -0.951. The first-order valence-electron chi connectivity index (χ1n) is 7.83. The summed E-state index contributed by atoms with van der Waals surface area (Å²) in [5, 5.41) is 10.2. The number of piperazine rings is 1.